The Hall–Kier alpha value is -1.10. The third-order valence-electron chi connectivity index (χ3n) is 4.72. The van der Waals surface area contributed by atoms with E-state index in [0.29, 0.717) is 12.8 Å². The Bertz CT molecular complexity index is 470. The third-order valence-corrected chi connectivity index (χ3v) is 4.72. The molecule has 136 valence electrons. The van der Waals surface area contributed by atoms with Crippen molar-refractivity contribution in [3.63, 3.8) is 0 Å². The molecule has 5 heteroatoms. The Morgan fingerprint density at radius 2 is 1.92 bits per heavy atom. The van der Waals surface area contributed by atoms with E-state index in [-0.39, 0.29) is 24.4 Å². The van der Waals surface area contributed by atoms with Crippen LogP contribution in [0, 0.1) is 0 Å². The molecule has 1 heterocycles. The predicted molar refractivity (Wildman–Crippen MR) is 100 cm³/mol. The van der Waals surface area contributed by atoms with Gasteiger partial charge in [-0.05, 0) is 44.2 Å². The van der Waals surface area contributed by atoms with Gasteiger partial charge in [0.2, 0.25) is 5.91 Å². The molecule has 1 fully saturated rings. The molecule has 0 bridgehead atoms. The number of carbonyl (C=O) groups is 1. The van der Waals surface area contributed by atoms with E-state index in [9.17, 15) is 9.90 Å². The van der Waals surface area contributed by atoms with Crippen LogP contribution in [0.1, 0.15) is 63.0 Å². The highest BCUT2D eigenvalue weighted by molar-refractivity contribution is 5.85. The molecule has 24 heavy (non-hydrogen) atoms. The number of hydrogen-bond acceptors (Lipinski definition) is 3. The average Bonchev–Trinajstić information content (AvgIpc) is 3.03. The number of benzene rings is 1. The lowest BCUT2D eigenvalue weighted by molar-refractivity contribution is -0.132. The van der Waals surface area contributed by atoms with Crippen LogP contribution >= 0.6 is 12.4 Å². The molecule has 1 aromatic rings. The summed E-state index contributed by atoms with van der Waals surface area (Å²) < 4.78 is 0. The van der Waals surface area contributed by atoms with Crippen LogP contribution in [-0.4, -0.2) is 35.0 Å². The Morgan fingerprint density at radius 3 is 2.62 bits per heavy atom. The highest BCUT2D eigenvalue weighted by atomic mass is 35.5. The number of halogens is 1. The molecule has 0 spiro atoms. The zero-order chi connectivity index (χ0) is 16.5. The van der Waals surface area contributed by atoms with Gasteiger partial charge in [0.15, 0.2) is 0 Å². The van der Waals surface area contributed by atoms with E-state index in [1.165, 1.54) is 0 Å². The fraction of sp³-hybridized carbons (Fsp3) is 0.632. The summed E-state index contributed by atoms with van der Waals surface area (Å²) in [5, 5.41) is 10.4. The van der Waals surface area contributed by atoms with Gasteiger partial charge in [-0.1, -0.05) is 43.2 Å². The molecular formula is C19H31ClN2O2. The number of likely N-dealkylation sites (tertiary alicyclic amines) is 1. The molecule has 0 aromatic heterocycles. The zero-order valence-corrected chi connectivity index (χ0v) is 15.2. The molecule has 3 N–H and O–H groups in total. The summed E-state index contributed by atoms with van der Waals surface area (Å²) in [7, 11) is 0. The van der Waals surface area contributed by atoms with Crippen LogP contribution in [0.5, 0.6) is 0 Å². The quantitative estimate of drug-likeness (QED) is 0.667. The maximum atomic E-state index is 12.4. The van der Waals surface area contributed by atoms with Gasteiger partial charge in [0.1, 0.15) is 0 Å². The van der Waals surface area contributed by atoms with Gasteiger partial charge in [0, 0.05) is 19.0 Å². The minimum absolute atomic E-state index is 0. The Kier molecular flexibility index (Phi) is 9.99. The Morgan fingerprint density at radius 1 is 1.21 bits per heavy atom. The first kappa shape index (κ1) is 20.9. The van der Waals surface area contributed by atoms with E-state index in [0.717, 1.165) is 57.2 Å². The molecule has 1 saturated heterocycles. The Labute approximate surface area is 151 Å². The van der Waals surface area contributed by atoms with Crippen molar-refractivity contribution in [3.8, 4) is 0 Å². The van der Waals surface area contributed by atoms with Gasteiger partial charge in [-0.15, -0.1) is 12.4 Å². The van der Waals surface area contributed by atoms with Crippen molar-refractivity contribution in [1.82, 2.24) is 4.90 Å². The van der Waals surface area contributed by atoms with Gasteiger partial charge >= 0.3 is 0 Å². The molecule has 2 unspecified atom stereocenters. The van der Waals surface area contributed by atoms with Gasteiger partial charge < -0.3 is 15.7 Å². The molecule has 2 atom stereocenters. The average molecular weight is 355 g/mol. The number of amides is 1. The van der Waals surface area contributed by atoms with Gasteiger partial charge in [-0.2, -0.15) is 0 Å². The summed E-state index contributed by atoms with van der Waals surface area (Å²) in [6.07, 6.45) is 7.01. The maximum Gasteiger partial charge on any atom is 0.222 e. The number of aliphatic hydroxyl groups excluding tert-OH is 1. The highest BCUT2D eigenvalue weighted by Gasteiger charge is 2.30. The van der Waals surface area contributed by atoms with E-state index in [2.05, 4.69) is 0 Å². The Balaban J connectivity index is 0.00000288. The molecule has 0 radical (unpaired) electrons. The number of carbonyl (C=O) groups excluding carboxylic acids is 1. The van der Waals surface area contributed by atoms with Crippen LogP contribution < -0.4 is 5.73 Å². The van der Waals surface area contributed by atoms with Crippen LogP contribution in [0.3, 0.4) is 0 Å². The minimum Gasteiger partial charge on any atom is -0.388 e. The minimum atomic E-state index is -0.487. The van der Waals surface area contributed by atoms with Crippen molar-refractivity contribution in [2.75, 3.05) is 13.1 Å². The topological polar surface area (TPSA) is 66.6 Å². The summed E-state index contributed by atoms with van der Waals surface area (Å²) in [4.78, 5) is 14.4. The first-order valence-corrected chi connectivity index (χ1v) is 8.95. The highest BCUT2D eigenvalue weighted by Crippen LogP contribution is 2.28. The predicted octanol–water partition coefficient (Wildman–Crippen LogP) is 3.43. The van der Waals surface area contributed by atoms with E-state index in [1.807, 2.05) is 35.2 Å². The fourth-order valence-electron chi connectivity index (χ4n) is 3.40. The first-order valence-electron chi connectivity index (χ1n) is 8.95. The van der Waals surface area contributed by atoms with Crippen LogP contribution in [0.4, 0.5) is 0 Å². The molecule has 1 aliphatic rings. The van der Waals surface area contributed by atoms with Crippen molar-refractivity contribution < 1.29 is 9.90 Å². The molecule has 1 amide bonds. The number of nitrogens with two attached hydrogens (primary N) is 1. The van der Waals surface area contributed by atoms with E-state index in [4.69, 9.17) is 5.73 Å². The van der Waals surface area contributed by atoms with Crippen molar-refractivity contribution in [2.24, 2.45) is 5.73 Å². The largest absolute Gasteiger partial charge is 0.388 e. The molecule has 0 aliphatic carbocycles. The molecular weight excluding hydrogens is 324 g/mol. The summed E-state index contributed by atoms with van der Waals surface area (Å²) >= 11 is 0. The molecule has 0 saturated carbocycles. The molecule has 1 aliphatic heterocycles. The summed E-state index contributed by atoms with van der Waals surface area (Å²) in [6, 6.07) is 9.91. The molecule has 1 aromatic carbocycles. The fourth-order valence-corrected chi connectivity index (χ4v) is 3.40. The van der Waals surface area contributed by atoms with E-state index in [1.54, 1.807) is 0 Å². The lowest BCUT2D eigenvalue weighted by atomic mass is 10.0. The van der Waals surface area contributed by atoms with Crippen molar-refractivity contribution >= 4 is 18.3 Å². The lowest BCUT2D eigenvalue weighted by Crippen LogP contribution is -2.36. The summed E-state index contributed by atoms with van der Waals surface area (Å²) in [5.41, 5.74) is 6.42. The van der Waals surface area contributed by atoms with Crippen molar-refractivity contribution in [1.29, 1.82) is 0 Å². The number of aliphatic hydroxyl groups is 1. The van der Waals surface area contributed by atoms with Crippen LogP contribution in [0.15, 0.2) is 30.3 Å². The van der Waals surface area contributed by atoms with Gasteiger partial charge in [-0.3, -0.25) is 4.79 Å². The van der Waals surface area contributed by atoms with Gasteiger partial charge in [-0.25, -0.2) is 0 Å². The second-order valence-corrected chi connectivity index (χ2v) is 6.50. The number of rotatable bonds is 9. The van der Waals surface area contributed by atoms with Crippen molar-refractivity contribution in [3.05, 3.63) is 35.9 Å². The monoisotopic (exact) mass is 354 g/mol. The number of unbranched alkanes of at least 4 members (excludes halogenated alkanes) is 3. The van der Waals surface area contributed by atoms with Crippen LogP contribution in [-0.2, 0) is 4.79 Å². The van der Waals surface area contributed by atoms with Crippen LogP contribution in [0.2, 0.25) is 0 Å². The maximum absolute atomic E-state index is 12.4. The SMILES string of the molecule is Cl.NCCCCCCC(=O)N1CCCC1CC(O)c1ccccc1. The van der Waals surface area contributed by atoms with Gasteiger partial charge in [0.05, 0.1) is 6.10 Å². The number of nitrogens with zero attached hydrogens (tertiary/aromatic N) is 1. The molecule has 4 nitrogen and oxygen atoms in total. The van der Waals surface area contributed by atoms with E-state index < -0.39 is 6.10 Å². The number of hydrogen-bond donors (Lipinski definition) is 2. The zero-order valence-electron chi connectivity index (χ0n) is 14.4. The van der Waals surface area contributed by atoms with Crippen molar-refractivity contribution in [2.45, 2.75) is 63.5 Å². The molecule has 2 rings (SSSR count). The second-order valence-electron chi connectivity index (χ2n) is 6.50. The summed E-state index contributed by atoms with van der Waals surface area (Å²) in [5.74, 6) is 0.250. The third kappa shape index (κ3) is 6.42. The van der Waals surface area contributed by atoms with E-state index >= 15 is 0 Å². The summed E-state index contributed by atoms with van der Waals surface area (Å²) in [6.45, 7) is 1.58. The normalized spacial score (nSPS) is 18.2. The van der Waals surface area contributed by atoms with Crippen LogP contribution in [0.25, 0.3) is 0 Å². The lowest BCUT2D eigenvalue weighted by Gasteiger charge is -2.27. The standard InChI is InChI=1S/C19H30N2O2.ClH/c20-13-7-2-1-6-12-19(23)21-14-8-11-17(21)15-18(22)16-9-4-3-5-10-16;/h3-5,9-10,17-18,22H,1-2,6-8,11-15,20H2;1H. The van der Waals surface area contributed by atoms with Gasteiger partial charge in [0.25, 0.3) is 0 Å². The second kappa shape index (κ2) is 11.5. The smallest absolute Gasteiger partial charge is 0.222 e. The first-order chi connectivity index (χ1) is 11.2.